The van der Waals surface area contributed by atoms with Gasteiger partial charge in [-0.25, -0.2) is 13.2 Å². The SMILES string of the molecule is O=C(NC12CC3CC(CC(C3)C1)C2)N1CC(S(=O)(=O)Cc2ccco2)C1. The van der Waals surface area contributed by atoms with Crippen LogP contribution in [0.2, 0.25) is 0 Å². The zero-order chi connectivity index (χ0) is 17.9. The summed E-state index contributed by atoms with van der Waals surface area (Å²) in [6.07, 6.45) is 8.83. The summed E-state index contributed by atoms with van der Waals surface area (Å²) in [5.74, 6) is 2.70. The summed E-state index contributed by atoms with van der Waals surface area (Å²) in [5, 5.41) is 2.84. The summed E-state index contributed by atoms with van der Waals surface area (Å²) in [6, 6.07) is 3.29. The Hall–Kier alpha value is -1.50. The third-order valence-corrected chi connectivity index (χ3v) is 8.98. The van der Waals surface area contributed by atoms with Crippen LogP contribution in [-0.4, -0.2) is 43.2 Å². The lowest BCUT2D eigenvalue weighted by molar-refractivity contribution is -0.0166. The Bertz CT molecular complexity index is 760. The quantitative estimate of drug-likeness (QED) is 0.873. The molecule has 6 nitrogen and oxygen atoms in total. The van der Waals surface area contributed by atoms with Gasteiger partial charge in [0.05, 0.1) is 11.5 Å². The number of hydrogen-bond acceptors (Lipinski definition) is 4. The zero-order valence-electron chi connectivity index (χ0n) is 14.9. The second-order valence-electron chi connectivity index (χ2n) is 9.04. The number of rotatable bonds is 4. The van der Waals surface area contributed by atoms with Crippen molar-refractivity contribution in [3.63, 3.8) is 0 Å². The topological polar surface area (TPSA) is 79.6 Å². The highest BCUT2D eigenvalue weighted by molar-refractivity contribution is 7.91. The molecule has 2 heterocycles. The third-order valence-electron chi connectivity index (χ3n) is 6.98. The van der Waals surface area contributed by atoms with Crippen molar-refractivity contribution in [2.45, 2.75) is 55.1 Å². The number of amides is 2. The monoisotopic (exact) mass is 378 g/mol. The fourth-order valence-electron chi connectivity index (χ4n) is 6.11. The molecule has 0 aromatic carbocycles. The van der Waals surface area contributed by atoms with Gasteiger partial charge in [0, 0.05) is 18.6 Å². The highest BCUT2D eigenvalue weighted by Gasteiger charge is 2.52. The molecule has 2 amide bonds. The van der Waals surface area contributed by atoms with Crippen molar-refractivity contribution in [2.24, 2.45) is 17.8 Å². The molecule has 0 unspecified atom stereocenters. The van der Waals surface area contributed by atoms with Gasteiger partial charge >= 0.3 is 6.03 Å². The number of carbonyl (C=O) groups excluding carboxylic acids is 1. The number of hydrogen-bond donors (Lipinski definition) is 1. The minimum Gasteiger partial charge on any atom is -0.468 e. The number of carbonyl (C=O) groups is 1. The molecule has 0 atom stereocenters. The lowest BCUT2D eigenvalue weighted by Crippen LogP contribution is -2.66. The molecular weight excluding hydrogens is 352 g/mol. The Morgan fingerprint density at radius 2 is 1.77 bits per heavy atom. The van der Waals surface area contributed by atoms with E-state index in [1.807, 2.05) is 0 Å². The smallest absolute Gasteiger partial charge is 0.317 e. The Kier molecular flexibility index (Phi) is 3.68. The van der Waals surface area contributed by atoms with E-state index in [0.717, 1.165) is 37.0 Å². The van der Waals surface area contributed by atoms with E-state index in [9.17, 15) is 13.2 Å². The van der Waals surface area contributed by atoms with Crippen LogP contribution < -0.4 is 5.32 Å². The van der Waals surface area contributed by atoms with E-state index in [2.05, 4.69) is 5.32 Å². The standard InChI is InChI=1S/C19H26N2O4S/c22-18(20-19-7-13-4-14(8-19)6-15(5-13)9-19)21-10-17(11-21)26(23,24)12-16-2-1-3-25-16/h1-3,13-15,17H,4-12H2,(H,20,22). The molecule has 4 bridgehead atoms. The summed E-state index contributed by atoms with van der Waals surface area (Å²) in [5.41, 5.74) is -0.0238. The van der Waals surface area contributed by atoms with E-state index in [-0.39, 0.29) is 17.3 Å². The number of furan rings is 1. The molecule has 26 heavy (non-hydrogen) atoms. The molecule has 142 valence electrons. The number of sulfone groups is 1. The Balaban J connectivity index is 1.18. The highest BCUT2D eigenvalue weighted by Crippen LogP contribution is 2.55. The van der Waals surface area contributed by atoms with Crippen molar-refractivity contribution in [1.29, 1.82) is 0 Å². The largest absolute Gasteiger partial charge is 0.468 e. The molecule has 7 heteroatoms. The van der Waals surface area contributed by atoms with Crippen molar-refractivity contribution in [2.75, 3.05) is 13.1 Å². The predicted molar refractivity (Wildman–Crippen MR) is 96.1 cm³/mol. The van der Waals surface area contributed by atoms with Crippen molar-refractivity contribution in [3.05, 3.63) is 24.2 Å². The van der Waals surface area contributed by atoms with Gasteiger partial charge in [-0.2, -0.15) is 0 Å². The molecule has 1 aromatic heterocycles. The van der Waals surface area contributed by atoms with Crippen molar-refractivity contribution in [1.82, 2.24) is 10.2 Å². The van der Waals surface area contributed by atoms with Crippen LogP contribution in [0, 0.1) is 17.8 Å². The molecule has 1 aromatic rings. The fourth-order valence-corrected chi connectivity index (χ4v) is 7.72. The Labute approximate surface area is 154 Å². The lowest BCUT2D eigenvalue weighted by Gasteiger charge is -2.57. The van der Waals surface area contributed by atoms with Gasteiger partial charge in [0.1, 0.15) is 11.5 Å². The Morgan fingerprint density at radius 1 is 1.15 bits per heavy atom. The molecule has 5 fully saturated rings. The van der Waals surface area contributed by atoms with E-state index < -0.39 is 15.1 Å². The molecule has 4 aliphatic carbocycles. The fraction of sp³-hybridized carbons (Fsp3) is 0.737. The average Bonchev–Trinajstić information content (AvgIpc) is 2.94. The van der Waals surface area contributed by atoms with E-state index in [1.165, 1.54) is 25.5 Å². The van der Waals surface area contributed by atoms with Gasteiger partial charge in [0.2, 0.25) is 0 Å². The predicted octanol–water partition coefficient (Wildman–Crippen LogP) is 2.56. The summed E-state index contributed by atoms with van der Waals surface area (Å²) in [4.78, 5) is 14.4. The molecule has 0 spiro atoms. The summed E-state index contributed by atoms with van der Waals surface area (Å²) >= 11 is 0. The number of urea groups is 1. The van der Waals surface area contributed by atoms with Crippen LogP contribution in [0.25, 0.3) is 0 Å². The number of likely N-dealkylation sites (tertiary alicyclic amines) is 1. The first-order valence-electron chi connectivity index (χ1n) is 9.72. The van der Waals surface area contributed by atoms with Crippen LogP contribution in [0.4, 0.5) is 4.79 Å². The van der Waals surface area contributed by atoms with Gasteiger partial charge in [-0.05, 0) is 68.4 Å². The molecule has 6 rings (SSSR count). The summed E-state index contributed by atoms with van der Waals surface area (Å²) in [6.45, 7) is 0.586. The van der Waals surface area contributed by atoms with Crippen molar-refractivity contribution >= 4 is 15.9 Å². The van der Waals surface area contributed by atoms with Crippen LogP contribution >= 0.6 is 0 Å². The van der Waals surface area contributed by atoms with Crippen LogP contribution in [0.5, 0.6) is 0 Å². The van der Waals surface area contributed by atoms with Crippen molar-refractivity contribution in [3.8, 4) is 0 Å². The first-order valence-corrected chi connectivity index (χ1v) is 11.4. The molecule has 0 radical (unpaired) electrons. The second-order valence-corrected chi connectivity index (χ2v) is 11.3. The normalized spacial score (nSPS) is 36.2. The van der Waals surface area contributed by atoms with Crippen molar-refractivity contribution < 1.29 is 17.6 Å². The molecule has 1 saturated heterocycles. The van der Waals surface area contributed by atoms with Gasteiger partial charge in [0.25, 0.3) is 0 Å². The van der Waals surface area contributed by atoms with E-state index in [1.54, 1.807) is 17.0 Å². The van der Waals surface area contributed by atoms with Gasteiger partial charge in [-0.3, -0.25) is 0 Å². The van der Waals surface area contributed by atoms with Crippen LogP contribution in [-0.2, 0) is 15.6 Å². The molecular formula is C19H26N2O4S. The first kappa shape index (κ1) is 16.7. The maximum Gasteiger partial charge on any atom is 0.317 e. The zero-order valence-corrected chi connectivity index (χ0v) is 15.7. The summed E-state index contributed by atoms with van der Waals surface area (Å²) < 4.78 is 30.0. The van der Waals surface area contributed by atoms with Crippen LogP contribution in [0.1, 0.15) is 44.3 Å². The molecule has 1 N–H and O–H groups in total. The van der Waals surface area contributed by atoms with E-state index in [4.69, 9.17) is 4.42 Å². The molecule has 1 aliphatic heterocycles. The van der Waals surface area contributed by atoms with E-state index >= 15 is 0 Å². The maximum absolute atomic E-state index is 12.7. The van der Waals surface area contributed by atoms with Gasteiger partial charge in [-0.15, -0.1) is 0 Å². The number of nitrogens with one attached hydrogen (secondary N) is 1. The lowest BCUT2D eigenvalue weighted by atomic mass is 9.53. The minimum atomic E-state index is -3.28. The molecule has 5 aliphatic rings. The average molecular weight is 378 g/mol. The van der Waals surface area contributed by atoms with Crippen LogP contribution in [0.15, 0.2) is 22.8 Å². The van der Waals surface area contributed by atoms with Crippen LogP contribution in [0.3, 0.4) is 0 Å². The second kappa shape index (κ2) is 5.75. The molecule has 4 saturated carbocycles. The van der Waals surface area contributed by atoms with E-state index in [0.29, 0.717) is 18.8 Å². The van der Waals surface area contributed by atoms with Gasteiger partial charge < -0.3 is 14.6 Å². The van der Waals surface area contributed by atoms with Gasteiger partial charge in [0.15, 0.2) is 9.84 Å². The summed E-state index contributed by atoms with van der Waals surface area (Å²) in [7, 11) is -3.28. The number of nitrogens with zero attached hydrogens (tertiary/aromatic N) is 1. The van der Waals surface area contributed by atoms with Gasteiger partial charge in [-0.1, -0.05) is 0 Å². The minimum absolute atomic E-state index is 0.0238. The first-order chi connectivity index (χ1) is 12.4. The third kappa shape index (κ3) is 2.84. The highest BCUT2D eigenvalue weighted by atomic mass is 32.2. The maximum atomic E-state index is 12.7. The Morgan fingerprint density at radius 3 is 2.31 bits per heavy atom.